The number of rotatable bonds is 0. The fourth-order valence-electron chi connectivity index (χ4n) is 0. The first-order chi connectivity index (χ1) is 4.88. The molecule has 68 valence electrons. The van der Waals surface area contributed by atoms with Gasteiger partial charge in [0.05, 0.1) is 0 Å². The Balaban J connectivity index is -0.0000000389. The summed E-state index contributed by atoms with van der Waals surface area (Å²) in [4.78, 5) is 17.8. The van der Waals surface area contributed by atoms with Gasteiger partial charge in [-0.15, -0.1) is 0 Å². The van der Waals surface area contributed by atoms with E-state index in [2.05, 4.69) is 0 Å². The molecule has 0 radical (unpaired) electrons. The van der Waals surface area contributed by atoms with Crippen molar-refractivity contribution in [2.24, 2.45) is 0 Å². The van der Waals surface area contributed by atoms with Gasteiger partial charge in [-0.1, -0.05) is 0 Å². The molecule has 6 heteroatoms. The van der Waals surface area contributed by atoms with E-state index in [9.17, 15) is 0 Å². The van der Waals surface area contributed by atoms with Crippen molar-refractivity contribution in [2.45, 2.75) is 20.8 Å². The summed E-state index contributed by atoms with van der Waals surface area (Å²) < 4.78 is 0. The maximum absolute atomic E-state index is 8.89. The molecular formula is C6H12BaO5. The van der Waals surface area contributed by atoms with Crippen molar-refractivity contribution >= 4 is 60.8 Å². The average Bonchev–Trinajstić information content (AvgIpc) is 1.60. The van der Waals surface area contributed by atoms with Gasteiger partial charge in [-0.2, -0.15) is 0 Å². The van der Waals surface area contributed by atoms with E-state index in [1.165, 1.54) is 0 Å². The van der Waals surface area contributed by atoms with Gasteiger partial charge in [0.1, 0.15) is 0 Å². The quantitative estimate of drug-likeness (QED) is 0.485. The maximum atomic E-state index is 8.89. The third kappa shape index (κ3) is 4230. The fraction of sp³-hybridized carbons (Fsp3) is 0.667. The second kappa shape index (κ2) is 22.5. The SMILES string of the molecule is CC(=O)[O-].CC(=O)[O-].CCO.[Ba+2]. The molecule has 0 unspecified atom stereocenters. The van der Waals surface area contributed by atoms with Crippen LogP contribution in [0.4, 0.5) is 0 Å². The van der Waals surface area contributed by atoms with Gasteiger partial charge >= 0.3 is 48.9 Å². The van der Waals surface area contributed by atoms with Crippen LogP contribution in [0.2, 0.25) is 0 Å². The van der Waals surface area contributed by atoms with Crippen LogP contribution in [0.25, 0.3) is 0 Å². The summed E-state index contributed by atoms with van der Waals surface area (Å²) >= 11 is 0. The molecule has 0 aromatic rings. The van der Waals surface area contributed by atoms with E-state index in [0.29, 0.717) is 0 Å². The van der Waals surface area contributed by atoms with Crippen molar-refractivity contribution in [3.8, 4) is 0 Å². The van der Waals surface area contributed by atoms with Gasteiger partial charge < -0.3 is 24.9 Å². The molecule has 0 aromatic heterocycles. The van der Waals surface area contributed by atoms with E-state index in [-0.39, 0.29) is 55.5 Å². The largest absolute Gasteiger partial charge is 2.00 e. The number of aliphatic hydroxyl groups is 1. The van der Waals surface area contributed by atoms with E-state index in [1.807, 2.05) is 0 Å². The first kappa shape index (κ1) is 22.9. The van der Waals surface area contributed by atoms with Crippen LogP contribution < -0.4 is 10.2 Å². The van der Waals surface area contributed by atoms with Crippen molar-refractivity contribution in [3.05, 3.63) is 0 Å². The van der Waals surface area contributed by atoms with Gasteiger partial charge in [0.15, 0.2) is 0 Å². The van der Waals surface area contributed by atoms with E-state index in [4.69, 9.17) is 24.9 Å². The fourth-order valence-corrected chi connectivity index (χ4v) is 0. The number of hydrogen-bond acceptors (Lipinski definition) is 5. The van der Waals surface area contributed by atoms with Crippen LogP contribution in [-0.4, -0.2) is 72.5 Å². The number of carboxylic acids is 2. The van der Waals surface area contributed by atoms with E-state index < -0.39 is 11.9 Å². The Morgan fingerprint density at radius 1 is 1.17 bits per heavy atom. The van der Waals surface area contributed by atoms with E-state index >= 15 is 0 Å². The average molecular weight is 301 g/mol. The van der Waals surface area contributed by atoms with Crippen LogP contribution >= 0.6 is 0 Å². The number of aliphatic carboxylic acids is 2. The van der Waals surface area contributed by atoms with Gasteiger partial charge in [-0.3, -0.25) is 0 Å². The number of hydrogen-bond donors (Lipinski definition) is 1. The molecule has 0 aliphatic carbocycles. The molecule has 0 atom stereocenters. The Morgan fingerprint density at radius 3 is 1.17 bits per heavy atom. The molecule has 0 saturated heterocycles. The molecule has 0 rings (SSSR count). The van der Waals surface area contributed by atoms with E-state index in [1.54, 1.807) is 6.92 Å². The monoisotopic (exact) mass is 302 g/mol. The van der Waals surface area contributed by atoms with Crippen molar-refractivity contribution in [1.29, 1.82) is 0 Å². The molecule has 0 spiro atoms. The molecule has 0 heterocycles. The molecule has 0 aliphatic heterocycles. The molecule has 5 nitrogen and oxygen atoms in total. The normalized spacial score (nSPS) is 5.67. The Labute approximate surface area is 112 Å². The summed E-state index contributed by atoms with van der Waals surface area (Å²) in [6.07, 6.45) is 0. The molecule has 1 N–H and O–H groups in total. The van der Waals surface area contributed by atoms with Crippen molar-refractivity contribution < 1.29 is 24.9 Å². The zero-order valence-corrected chi connectivity index (χ0v) is 11.9. The molecule has 0 fully saturated rings. The maximum Gasteiger partial charge on any atom is 2.00 e. The predicted molar refractivity (Wildman–Crippen MR) is 39.9 cm³/mol. The Bertz CT molecular complexity index is 84.1. The van der Waals surface area contributed by atoms with Crippen LogP contribution in [0.1, 0.15) is 20.8 Å². The Kier molecular flexibility index (Phi) is 42.9. The van der Waals surface area contributed by atoms with E-state index in [0.717, 1.165) is 13.8 Å². The van der Waals surface area contributed by atoms with Crippen LogP contribution in [0.15, 0.2) is 0 Å². The van der Waals surface area contributed by atoms with Gasteiger partial charge in [0.25, 0.3) is 0 Å². The summed E-state index contributed by atoms with van der Waals surface area (Å²) in [5.41, 5.74) is 0. The summed E-state index contributed by atoms with van der Waals surface area (Å²) in [7, 11) is 0. The molecule has 0 saturated carbocycles. The molecule has 12 heavy (non-hydrogen) atoms. The first-order valence-corrected chi connectivity index (χ1v) is 2.84. The Hall–Kier alpha value is 0.471. The van der Waals surface area contributed by atoms with Crippen molar-refractivity contribution in [2.75, 3.05) is 6.61 Å². The van der Waals surface area contributed by atoms with Crippen LogP contribution in [-0.2, 0) is 9.59 Å². The summed E-state index contributed by atoms with van der Waals surface area (Å²) in [6.45, 7) is 3.88. The van der Waals surface area contributed by atoms with Gasteiger partial charge in [-0.25, -0.2) is 0 Å². The second-order valence-corrected chi connectivity index (χ2v) is 1.30. The summed E-state index contributed by atoms with van der Waals surface area (Å²) in [6, 6.07) is 0. The van der Waals surface area contributed by atoms with Gasteiger partial charge in [-0.05, 0) is 20.8 Å². The third-order valence-corrected chi connectivity index (χ3v) is 0. The molecule has 0 aromatic carbocycles. The molecule has 0 amide bonds. The van der Waals surface area contributed by atoms with Gasteiger partial charge in [0.2, 0.25) is 0 Å². The van der Waals surface area contributed by atoms with Crippen LogP contribution in [0, 0.1) is 0 Å². The Morgan fingerprint density at radius 2 is 1.17 bits per heavy atom. The smallest absolute Gasteiger partial charge is 0.550 e. The number of aliphatic hydroxyl groups excluding tert-OH is 1. The minimum Gasteiger partial charge on any atom is -0.550 e. The number of carbonyl (C=O) groups is 2. The molecular weight excluding hydrogens is 289 g/mol. The minimum absolute atomic E-state index is 0. The zero-order valence-electron chi connectivity index (χ0n) is 7.49. The standard InChI is InChI=1S/2C2H4O2.C2H6O.Ba/c2*1-2(3)4;1-2-3;/h2*1H3,(H,3,4);3H,2H2,1H3;/q;;;+2/p-2. The van der Waals surface area contributed by atoms with Crippen LogP contribution in [0.5, 0.6) is 0 Å². The summed E-state index contributed by atoms with van der Waals surface area (Å²) in [5, 5.41) is 25.3. The third-order valence-electron chi connectivity index (χ3n) is 0. The minimum atomic E-state index is -1.08. The number of carbonyl (C=O) groups excluding carboxylic acids is 2. The molecule has 0 aliphatic rings. The van der Waals surface area contributed by atoms with Gasteiger partial charge in [0, 0.05) is 18.5 Å². The topological polar surface area (TPSA) is 100 Å². The molecule has 0 bridgehead atoms. The number of carboxylic acid groups (broad SMARTS) is 2. The van der Waals surface area contributed by atoms with Crippen LogP contribution in [0.3, 0.4) is 0 Å². The predicted octanol–water partition coefficient (Wildman–Crippen LogP) is -2.87. The van der Waals surface area contributed by atoms with Crippen molar-refractivity contribution in [1.82, 2.24) is 0 Å². The summed E-state index contributed by atoms with van der Waals surface area (Å²) in [5.74, 6) is -2.17. The zero-order chi connectivity index (χ0) is 9.86. The van der Waals surface area contributed by atoms with Crippen molar-refractivity contribution in [3.63, 3.8) is 0 Å². The first-order valence-electron chi connectivity index (χ1n) is 2.84. The second-order valence-electron chi connectivity index (χ2n) is 1.30.